The zero-order valence-electron chi connectivity index (χ0n) is 39.5. The lowest BCUT2D eigenvalue weighted by atomic mass is 9.72. The number of aromatic nitrogens is 3. The number of carbonyl (C=O) groups is 4. The number of nitrogens with zero attached hydrogens (tertiary/aromatic N) is 7. The summed E-state index contributed by atoms with van der Waals surface area (Å²) in [5, 5.41) is 5.31. The molecule has 0 unspecified atom stereocenters. The summed E-state index contributed by atoms with van der Waals surface area (Å²) in [6.07, 6.45) is 5.36. The van der Waals surface area contributed by atoms with Gasteiger partial charge in [0.2, 0.25) is 11.4 Å². The molecule has 4 amide bonds. The molecule has 3 fully saturated rings. The summed E-state index contributed by atoms with van der Waals surface area (Å²) in [5.74, 6) is -1.01. The van der Waals surface area contributed by atoms with Crippen molar-refractivity contribution in [2.75, 3.05) is 60.5 Å². The number of benzene rings is 1. The van der Waals surface area contributed by atoms with Crippen molar-refractivity contribution in [3.8, 4) is 22.5 Å². The summed E-state index contributed by atoms with van der Waals surface area (Å²) in [4.78, 5) is 75.9. The summed E-state index contributed by atoms with van der Waals surface area (Å²) in [7, 11) is 3.10. The van der Waals surface area contributed by atoms with Crippen LogP contribution in [0, 0.1) is 16.7 Å². The van der Waals surface area contributed by atoms with Gasteiger partial charge in [0.05, 0.1) is 34.8 Å². The van der Waals surface area contributed by atoms with Crippen molar-refractivity contribution < 1.29 is 28.7 Å². The van der Waals surface area contributed by atoms with E-state index in [1.807, 2.05) is 37.1 Å². The minimum atomic E-state index is -2.43. The van der Waals surface area contributed by atoms with E-state index in [0.717, 1.165) is 70.6 Å². The van der Waals surface area contributed by atoms with Gasteiger partial charge in [-0.25, -0.2) is 15.2 Å². The molecule has 3 aromatic heterocycles. The third-order valence-corrected chi connectivity index (χ3v) is 17.1. The number of likely N-dealkylation sites (tertiary alicyclic amines) is 2. The Bertz CT molecular complexity index is 2420. The topological polar surface area (TPSA) is 154 Å². The van der Waals surface area contributed by atoms with Gasteiger partial charge < -0.3 is 33.7 Å². The van der Waals surface area contributed by atoms with Crippen molar-refractivity contribution in [1.29, 1.82) is 0 Å². The molecule has 8 rings (SSSR count). The lowest BCUT2D eigenvalue weighted by molar-refractivity contribution is -0.151. The molecule has 2 N–H and O–H groups in total. The van der Waals surface area contributed by atoms with Crippen LogP contribution in [0.4, 0.5) is 9.59 Å². The predicted molar refractivity (Wildman–Crippen MR) is 254 cm³/mol. The fourth-order valence-corrected chi connectivity index (χ4v) is 13.3. The van der Waals surface area contributed by atoms with E-state index in [0.29, 0.717) is 50.4 Å². The number of ether oxygens (including phenoxy) is 2. The molecule has 65 heavy (non-hydrogen) atoms. The molecular weight excluding hydrogens is 859 g/mol. The van der Waals surface area contributed by atoms with Crippen LogP contribution in [0.25, 0.3) is 33.4 Å². The average Bonchev–Trinajstić information content (AvgIpc) is 3.88. The standard InChI is InChI=1S/C48H66N9O6SSi/c1-10-56-38-16-15-32-23-34(38)35(42(56)33-13-11-19-49-40(33)31(4)62-9)24-47(5,6)29-63-44(59)36-14-12-20-57(51-36)46(61)65(26-39-50-37(32)25-64-39)52-43(58)41(30(2)3)54(8)45(60)55-27-48(28-55)17-21-53(7)22-18-48/h11,13,15-16,19,23,25,30-31,36,41,51H,10,12,14,17-18,20-22,24,26-29H2,1-9H3,(H,52,58)/t31-,36-,41-/m0/s1. The van der Waals surface area contributed by atoms with Gasteiger partial charge in [-0.1, -0.05) is 33.8 Å². The highest BCUT2D eigenvalue weighted by Crippen LogP contribution is 2.43. The molecule has 4 aromatic rings. The van der Waals surface area contributed by atoms with Gasteiger partial charge in [-0.05, 0) is 102 Å². The Labute approximate surface area is 388 Å². The number of amides is 4. The molecule has 6 bridgehead atoms. The second-order valence-corrected chi connectivity index (χ2v) is 22.8. The van der Waals surface area contributed by atoms with Gasteiger partial charge in [-0.15, -0.1) is 11.3 Å². The van der Waals surface area contributed by atoms with Crippen LogP contribution in [0.2, 0.25) is 0 Å². The van der Waals surface area contributed by atoms with Crippen molar-refractivity contribution in [3.05, 3.63) is 58.2 Å². The molecule has 1 spiro atoms. The van der Waals surface area contributed by atoms with Crippen LogP contribution in [0.15, 0.2) is 41.9 Å². The summed E-state index contributed by atoms with van der Waals surface area (Å²) < 4.78 is 14.3. The minimum absolute atomic E-state index is 0.150. The van der Waals surface area contributed by atoms with Crippen LogP contribution in [0.5, 0.6) is 0 Å². The van der Waals surface area contributed by atoms with E-state index in [2.05, 4.69) is 72.0 Å². The first kappa shape index (κ1) is 46.8. The Morgan fingerprint density at radius 2 is 1.88 bits per heavy atom. The largest absolute Gasteiger partial charge is 0.464 e. The number of likely N-dealkylation sites (N-methyl/N-ethyl adjacent to an activating group) is 1. The molecule has 3 atom stereocenters. The summed E-state index contributed by atoms with van der Waals surface area (Å²) in [5.41, 5.74) is 9.39. The third kappa shape index (κ3) is 9.49. The van der Waals surface area contributed by atoms with E-state index in [1.54, 1.807) is 25.3 Å². The number of hydrazine groups is 1. The number of hydrogen-bond donors (Lipinski definition) is 2. The maximum atomic E-state index is 14.7. The maximum Gasteiger partial charge on any atom is 0.324 e. The summed E-state index contributed by atoms with van der Waals surface area (Å²) in [6.45, 7) is 16.9. The SMILES string of the molecule is CCn1c(-c2cccnc2[C@H](C)OC)c2c3cc(ccc31)-c1csc(n1)C[Si](NC(=O)[C@H](C(C)C)N(C)C(=O)N1CC3(CCN(C)CC3)C1)C(=O)N1CCC[C@H](N1)C(=O)OCC(C)(C)C2. The Morgan fingerprint density at radius 3 is 2.58 bits per heavy atom. The third-order valence-electron chi connectivity index (χ3n) is 14.0. The quantitative estimate of drug-likeness (QED) is 0.145. The fraction of sp³-hybridized carbons (Fsp3) is 0.583. The van der Waals surface area contributed by atoms with Gasteiger partial charge in [-0.3, -0.25) is 24.4 Å². The van der Waals surface area contributed by atoms with Gasteiger partial charge in [0, 0.05) is 90.8 Å². The number of pyridine rings is 1. The Kier molecular flexibility index (Phi) is 13.6. The van der Waals surface area contributed by atoms with Crippen molar-refractivity contribution in [2.45, 2.75) is 104 Å². The van der Waals surface area contributed by atoms with E-state index < -0.39 is 32.4 Å². The fourth-order valence-electron chi connectivity index (χ4n) is 10.3. The van der Waals surface area contributed by atoms with Crippen LogP contribution >= 0.6 is 11.3 Å². The molecule has 17 heteroatoms. The number of thiazole rings is 1. The second kappa shape index (κ2) is 18.9. The zero-order chi connectivity index (χ0) is 46.4. The van der Waals surface area contributed by atoms with Gasteiger partial charge in [0.15, 0.2) is 0 Å². The molecular formula is C48H66N9O6SSi. The van der Waals surface area contributed by atoms with E-state index in [-0.39, 0.29) is 47.6 Å². The highest BCUT2D eigenvalue weighted by molar-refractivity contribution is 7.10. The maximum absolute atomic E-state index is 14.7. The molecule has 0 saturated carbocycles. The number of rotatable bonds is 8. The van der Waals surface area contributed by atoms with E-state index in [1.165, 1.54) is 16.3 Å². The van der Waals surface area contributed by atoms with Gasteiger partial charge >= 0.3 is 12.0 Å². The lowest BCUT2D eigenvalue weighted by Crippen LogP contribution is -2.66. The normalized spacial score (nSPS) is 21.5. The molecule has 4 aliphatic rings. The van der Waals surface area contributed by atoms with Gasteiger partial charge in [0.25, 0.3) is 8.96 Å². The number of esters is 1. The Hall–Kier alpha value is -4.68. The van der Waals surface area contributed by atoms with Crippen LogP contribution in [0.3, 0.4) is 0 Å². The Balaban J connectivity index is 1.14. The molecule has 0 aliphatic carbocycles. The van der Waals surface area contributed by atoms with Crippen LogP contribution < -0.4 is 10.4 Å². The first-order chi connectivity index (χ1) is 31.0. The molecule has 349 valence electrons. The number of urea groups is 1. The number of nitrogens with one attached hydrogen (secondary N) is 2. The van der Waals surface area contributed by atoms with Crippen LogP contribution in [-0.4, -0.2) is 139 Å². The Morgan fingerprint density at radius 1 is 1.12 bits per heavy atom. The van der Waals surface area contributed by atoms with Crippen molar-refractivity contribution in [2.24, 2.45) is 16.7 Å². The molecule has 1 radical (unpaired) electrons. The van der Waals surface area contributed by atoms with E-state index in [9.17, 15) is 19.2 Å². The zero-order valence-corrected chi connectivity index (χ0v) is 41.3. The number of aryl methyl sites for hydroxylation is 1. The molecule has 15 nitrogen and oxygen atoms in total. The summed E-state index contributed by atoms with van der Waals surface area (Å²) in [6, 6.07) is 9.03. The van der Waals surface area contributed by atoms with Crippen molar-refractivity contribution in [1.82, 2.24) is 44.7 Å². The highest BCUT2D eigenvalue weighted by Gasteiger charge is 2.48. The molecule has 1 aromatic carbocycles. The lowest BCUT2D eigenvalue weighted by Gasteiger charge is -2.54. The number of piperidine rings is 1. The number of carbonyl (C=O) groups excluding carboxylic acids is 4. The number of fused-ring (bicyclic) bond motifs is 6. The summed E-state index contributed by atoms with van der Waals surface area (Å²) >= 11 is 1.46. The number of hydrogen-bond acceptors (Lipinski definition) is 11. The van der Waals surface area contributed by atoms with E-state index in [4.69, 9.17) is 19.4 Å². The van der Waals surface area contributed by atoms with E-state index >= 15 is 0 Å². The second-order valence-electron chi connectivity index (χ2n) is 19.9. The minimum Gasteiger partial charge on any atom is -0.464 e. The van der Waals surface area contributed by atoms with Crippen molar-refractivity contribution >= 4 is 54.6 Å². The first-order valence-corrected chi connectivity index (χ1v) is 25.8. The molecule has 7 heterocycles. The van der Waals surface area contributed by atoms with Crippen LogP contribution in [-0.2, 0) is 38.1 Å². The highest BCUT2D eigenvalue weighted by atomic mass is 32.1. The first-order valence-electron chi connectivity index (χ1n) is 23.2. The number of methoxy groups -OCH3 is 1. The number of cyclic esters (lactones) is 1. The van der Waals surface area contributed by atoms with Crippen LogP contribution in [0.1, 0.15) is 89.6 Å². The monoisotopic (exact) mass is 924 g/mol. The smallest absolute Gasteiger partial charge is 0.324 e. The molecule has 4 aliphatic heterocycles. The van der Waals surface area contributed by atoms with Gasteiger partial charge in [-0.2, -0.15) is 0 Å². The predicted octanol–water partition coefficient (Wildman–Crippen LogP) is 6.64. The van der Waals surface area contributed by atoms with Gasteiger partial charge in [0.1, 0.15) is 12.1 Å². The average molecular weight is 925 g/mol. The molecule has 3 saturated heterocycles. The van der Waals surface area contributed by atoms with Crippen molar-refractivity contribution in [3.63, 3.8) is 0 Å².